The van der Waals surface area contributed by atoms with Gasteiger partial charge in [-0.1, -0.05) is 13.8 Å². The maximum atomic E-state index is 12.6. The highest BCUT2D eigenvalue weighted by atomic mass is 32.2. The van der Waals surface area contributed by atoms with Gasteiger partial charge in [-0.05, 0) is 18.1 Å². The molecule has 0 radical (unpaired) electrons. The van der Waals surface area contributed by atoms with Crippen LogP contribution in [0.1, 0.15) is 19.5 Å². The summed E-state index contributed by atoms with van der Waals surface area (Å²) < 4.78 is 63.8. The zero-order valence-corrected chi connectivity index (χ0v) is 13.3. The predicted octanol–water partition coefficient (Wildman–Crippen LogP) is 1.25. The fourth-order valence-electron chi connectivity index (χ4n) is 2.40. The van der Waals surface area contributed by atoms with Gasteiger partial charge >= 0.3 is 6.18 Å². The van der Waals surface area contributed by atoms with E-state index < -0.39 is 33.8 Å². The Labute approximate surface area is 131 Å². The van der Waals surface area contributed by atoms with E-state index in [1.807, 2.05) is 0 Å². The standard InChI is InChI=1S/C13H16F3N3O3S/c1-8(2)11-12(20)17-5-6-19(11)23(21,22)9-3-4-10(18-7-9)13(14,15)16/h3-4,7-8,11H,5-6H2,1-2H3,(H,17,20). The molecule has 1 fully saturated rings. The van der Waals surface area contributed by atoms with Crippen molar-refractivity contribution in [2.75, 3.05) is 13.1 Å². The monoisotopic (exact) mass is 351 g/mol. The SMILES string of the molecule is CC(C)C1C(=O)NCCN1S(=O)(=O)c1ccc(C(F)(F)F)nc1. The van der Waals surface area contributed by atoms with Crippen molar-refractivity contribution >= 4 is 15.9 Å². The fraction of sp³-hybridized carbons (Fsp3) is 0.538. The molecule has 1 N–H and O–H groups in total. The Kier molecular flexibility index (Phi) is 4.67. The molecule has 2 rings (SSSR count). The number of carbonyl (C=O) groups is 1. The highest BCUT2D eigenvalue weighted by molar-refractivity contribution is 7.89. The van der Waals surface area contributed by atoms with Crippen LogP contribution in [-0.4, -0.2) is 42.7 Å². The van der Waals surface area contributed by atoms with Crippen LogP contribution < -0.4 is 5.32 Å². The van der Waals surface area contributed by atoms with Crippen molar-refractivity contribution in [1.82, 2.24) is 14.6 Å². The number of hydrogen-bond acceptors (Lipinski definition) is 4. The Bertz CT molecular complexity index is 687. The second kappa shape index (κ2) is 6.08. The molecule has 1 unspecified atom stereocenters. The first-order valence-electron chi connectivity index (χ1n) is 6.88. The van der Waals surface area contributed by atoms with Gasteiger partial charge in [0.25, 0.3) is 0 Å². The summed E-state index contributed by atoms with van der Waals surface area (Å²) in [7, 11) is -4.11. The van der Waals surface area contributed by atoms with Crippen LogP contribution in [0.4, 0.5) is 13.2 Å². The van der Waals surface area contributed by atoms with Crippen molar-refractivity contribution in [3.63, 3.8) is 0 Å². The molecule has 1 saturated heterocycles. The van der Waals surface area contributed by atoms with Crippen molar-refractivity contribution < 1.29 is 26.4 Å². The summed E-state index contributed by atoms with van der Waals surface area (Å²) >= 11 is 0. The zero-order valence-electron chi connectivity index (χ0n) is 12.5. The smallest absolute Gasteiger partial charge is 0.353 e. The van der Waals surface area contributed by atoms with Crippen molar-refractivity contribution in [3.05, 3.63) is 24.0 Å². The third-order valence-corrected chi connectivity index (χ3v) is 5.34. The van der Waals surface area contributed by atoms with E-state index >= 15 is 0 Å². The molecule has 0 saturated carbocycles. The van der Waals surface area contributed by atoms with E-state index in [4.69, 9.17) is 0 Å². The van der Waals surface area contributed by atoms with Gasteiger partial charge in [-0.25, -0.2) is 8.42 Å². The minimum absolute atomic E-state index is 0.0535. The number of amides is 1. The van der Waals surface area contributed by atoms with E-state index in [2.05, 4.69) is 10.3 Å². The molecular weight excluding hydrogens is 335 g/mol. The molecule has 1 aliphatic rings. The van der Waals surface area contributed by atoms with Crippen LogP contribution >= 0.6 is 0 Å². The molecule has 0 aromatic carbocycles. The molecule has 23 heavy (non-hydrogen) atoms. The number of carbonyl (C=O) groups excluding carboxylic acids is 1. The summed E-state index contributed by atoms with van der Waals surface area (Å²) in [6.07, 6.45) is -3.98. The van der Waals surface area contributed by atoms with Gasteiger partial charge in [0.2, 0.25) is 15.9 Å². The molecule has 0 aliphatic carbocycles. The van der Waals surface area contributed by atoms with Gasteiger partial charge in [-0.3, -0.25) is 9.78 Å². The third kappa shape index (κ3) is 3.47. The van der Waals surface area contributed by atoms with Crippen LogP contribution in [0.5, 0.6) is 0 Å². The van der Waals surface area contributed by atoms with Crippen molar-refractivity contribution in [3.8, 4) is 0 Å². The van der Waals surface area contributed by atoms with Gasteiger partial charge in [-0.2, -0.15) is 17.5 Å². The number of pyridine rings is 1. The summed E-state index contributed by atoms with van der Waals surface area (Å²) in [5.74, 6) is -0.706. The number of aromatic nitrogens is 1. The summed E-state index contributed by atoms with van der Waals surface area (Å²) in [5, 5.41) is 2.59. The molecular formula is C13H16F3N3O3S. The van der Waals surface area contributed by atoms with Gasteiger partial charge < -0.3 is 5.32 Å². The molecule has 1 aromatic rings. The van der Waals surface area contributed by atoms with Gasteiger partial charge in [0, 0.05) is 19.3 Å². The van der Waals surface area contributed by atoms with E-state index in [9.17, 15) is 26.4 Å². The summed E-state index contributed by atoms with van der Waals surface area (Å²) in [6.45, 7) is 3.60. The Morgan fingerprint density at radius 1 is 1.35 bits per heavy atom. The van der Waals surface area contributed by atoms with Crippen molar-refractivity contribution in [2.24, 2.45) is 5.92 Å². The maximum Gasteiger partial charge on any atom is 0.433 e. The maximum absolute atomic E-state index is 12.6. The van der Waals surface area contributed by atoms with Gasteiger partial charge in [0.05, 0.1) is 0 Å². The number of nitrogens with one attached hydrogen (secondary N) is 1. The second-order valence-corrected chi connectivity index (χ2v) is 7.36. The molecule has 2 heterocycles. The second-order valence-electron chi connectivity index (χ2n) is 5.47. The summed E-state index contributed by atoms with van der Waals surface area (Å²) in [5.41, 5.74) is -1.17. The minimum atomic E-state index is -4.65. The third-order valence-electron chi connectivity index (χ3n) is 3.48. The highest BCUT2D eigenvalue weighted by Crippen LogP contribution is 2.29. The molecule has 6 nitrogen and oxygen atoms in total. The average Bonchev–Trinajstić information content (AvgIpc) is 2.45. The van der Waals surface area contributed by atoms with Gasteiger partial charge in [0.15, 0.2) is 0 Å². The number of alkyl halides is 3. The summed E-state index contributed by atoms with van der Waals surface area (Å²) in [4.78, 5) is 14.7. The topological polar surface area (TPSA) is 79.4 Å². The molecule has 1 atom stereocenters. The molecule has 1 aromatic heterocycles. The van der Waals surface area contributed by atoms with Crippen molar-refractivity contribution in [2.45, 2.75) is 31.0 Å². The number of piperazine rings is 1. The van der Waals surface area contributed by atoms with E-state index in [1.165, 1.54) is 0 Å². The largest absolute Gasteiger partial charge is 0.433 e. The number of halogens is 3. The Morgan fingerprint density at radius 3 is 2.48 bits per heavy atom. The highest BCUT2D eigenvalue weighted by Gasteiger charge is 2.40. The zero-order chi connectivity index (χ0) is 17.4. The van der Waals surface area contributed by atoms with Crippen molar-refractivity contribution in [1.29, 1.82) is 0 Å². The average molecular weight is 351 g/mol. The van der Waals surface area contributed by atoms with Crippen LogP contribution in [0.3, 0.4) is 0 Å². The van der Waals surface area contributed by atoms with Crippen LogP contribution in [0, 0.1) is 5.92 Å². The van der Waals surface area contributed by atoms with Gasteiger partial charge in [-0.15, -0.1) is 0 Å². The Morgan fingerprint density at radius 2 is 2.00 bits per heavy atom. The van der Waals surface area contributed by atoms with Crippen LogP contribution in [0.25, 0.3) is 0 Å². The lowest BCUT2D eigenvalue weighted by atomic mass is 10.0. The van der Waals surface area contributed by atoms with E-state index in [0.717, 1.165) is 10.4 Å². The lowest BCUT2D eigenvalue weighted by Gasteiger charge is -2.36. The fourth-order valence-corrected chi connectivity index (χ4v) is 4.07. The first-order valence-corrected chi connectivity index (χ1v) is 8.32. The molecule has 10 heteroatoms. The quantitative estimate of drug-likeness (QED) is 0.889. The normalized spacial score (nSPS) is 20.6. The molecule has 0 spiro atoms. The number of nitrogens with zero attached hydrogens (tertiary/aromatic N) is 2. The first-order chi connectivity index (χ1) is 10.5. The first kappa shape index (κ1) is 17.7. The van der Waals surface area contributed by atoms with E-state index in [0.29, 0.717) is 12.3 Å². The Hall–Kier alpha value is -1.68. The molecule has 1 amide bonds. The number of rotatable bonds is 3. The van der Waals surface area contributed by atoms with Gasteiger partial charge in [0.1, 0.15) is 16.6 Å². The lowest BCUT2D eigenvalue weighted by Crippen LogP contribution is -2.59. The number of hydrogen-bond donors (Lipinski definition) is 1. The van der Waals surface area contributed by atoms with E-state index in [-0.39, 0.29) is 23.9 Å². The summed E-state index contributed by atoms with van der Waals surface area (Å²) in [6, 6.07) is 0.562. The minimum Gasteiger partial charge on any atom is -0.353 e. The Balaban J connectivity index is 2.38. The number of sulfonamides is 1. The predicted molar refractivity (Wildman–Crippen MR) is 74.8 cm³/mol. The molecule has 1 aliphatic heterocycles. The van der Waals surface area contributed by atoms with Crippen LogP contribution in [-0.2, 0) is 21.0 Å². The van der Waals surface area contributed by atoms with E-state index in [1.54, 1.807) is 13.8 Å². The molecule has 128 valence electrons. The molecule has 0 bridgehead atoms. The van der Waals surface area contributed by atoms with Crippen LogP contribution in [0.15, 0.2) is 23.2 Å². The van der Waals surface area contributed by atoms with Crippen LogP contribution in [0.2, 0.25) is 0 Å². The lowest BCUT2D eigenvalue weighted by molar-refractivity contribution is -0.141.